The Morgan fingerprint density at radius 3 is 0.650 bits per heavy atom. The standard InChI is InChI=1S/2C6H14N2.2CH2O/c2*1-7-3-5-8(2)6-4-7;2*1-2/h2*3-6H2,1-2H3;2*1H2. The highest BCUT2D eigenvalue weighted by Gasteiger charge is 2.08. The monoisotopic (exact) mass is 288 g/mol. The molecule has 0 saturated carbocycles. The average molecular weight is 288 g/mol. The maximum atomic E-state index is 8.00. The Kier molecular flexibility index (Phi) is 15.7. The molecule has 2 aliphatic heterocycles. The molecule has 0 atom stereocenters. The highest BCUT2D eigenvalue weighted by atomic mass is 16.1. The van der Waals surface area contributed by atoms with Crippen molar-refractivity contribution in [2.24, 2.45) is 0 Å². The lowest BCUT2D eigenvalue weighted by Gasteiger charge is -2.28. The van der Waals surface area contributed by atoms with E-state index >= 15 is 0 Å². The second-order valence-corrected chi connectivity index (χ2v) is 5.21. The fourth-order valence-electron chi connectivity index (χ4n) is 1.81. The van der Waals surface area contributed by atoms with E-state index in [-0.39, 0.29) is 0 Å². The van der Waals surface area contributed by atoms with Crippen molar-refractivity contribution >= 4 is 13.6 Å². The van der Waals surface area contributed by atoms with Gasteiger partial charge in [0, 0.05) is 52.4 Å². The van der Waals surface area contributed by atoms with Crippen LogP contribution in [0.15, 0.2) is 0 Å². The summed E-state index contributed by atoms with van der Waals surface area (Å²) in [7, 11) is 8.69. The predicted molar refractivity (Wildman–Crippen MR) is 84.2 cm³/mol. The maximum absolute atomic E-state index is 8.00. The Morgan fingerprint density at radius 2 is 0.550 bits per heavy atom. The van der Waals surface area contributed by atoms with Crippen LogP contribution in [0.4, 0.5) is 0 Å². The van der Waals surface area contributed by atoms with Gasteiger partial charge in [-0.25, -0.2) is 0 Å². The number of likely N-dealkylation sites (N-methyl/N-ethyl adjacent to an activating group) is 4. The van der Waals surface area contributed by atoms with Gasteiger partial charge in [-0.15, -0.1) is 0 Å². The van der Waals surface area contributed by atoms with Crippen LogP contribution in [0.2, 0.25) is 0 Å². The highest BCUT2D eigenvalue weighted by molar-refractivity contribution is 5.11. The van der Waals surface area contributed by atoms with Crippen LogP contribution in [0.5, 0.6) is 0 Å². The molecule has 6 heteroatoms. The van der Waals surface area contributed by atoms with Gasteiger partial charge in [0.25, 0.3) is 0 Å². The van der Waals surface area contributed by atoms with Crippen molar-refractivity contribution in [3.05, 3.63) is 0 Å². The molecule has 0 unspecified atom stereocenters. The van der Waals surface area contributed by atoms with Crippen molar-refractivity contribution in [3.8, 4) is 0 Å². The van der Waals surface area contributed by atoms with Crippen LogP contribution < -0.4 is 0 Å². The molecule has 2 fully saturated rings. The van der Waals surface area contributed by atoms with Crippen LogP contribution in [-0.2, 0) is 9.59 Å². The van der Waals surface area contributed by atoms with Crippen molar-refractivity contribution in [1.82, 2.24) is 19.6 Å². The van der Waals surface area contributed by atoms with Gasteiger partial charge in [0.15, 0.2) is 0 Å². The first-order valence-corrected chi connectivity index (χ1v) is 6.90. The van der Waals surface area contributed by atoms with Crippen LogP contribution >= 0.6 is 0 Å². The Hall–Kier alpha value is -0.820. The second-order valence-electron chi connectivity index (χ2n) is 5.21. The fraction of sp³-hybridized carbons (Fsp3) is 0.857. The number of hydrogen-bond acceptors (Lipinski definition) is 6. The minimum absolute atomic E-state index is 1.23. The Bertz CT molecular complexity index is 161. The molecule has 0 bridgehead atoms. The van der Waals surface area contributed by atoms with E-state index in [1.165, 1.54) is 52.4 Å². The molecule has 0 radical (unpaired) electrons. The molecule has 0 amide bonds. The van der Waals surface area contributed by atoms with E-state index in [9.17, 15) is 0 Å². The van der Waals surface area contributed by atoms with Gasteiger partial charge in [-0.2, -0.15) is 0 Å². The van der Waals surface area contributed by atoms with Crippen molar-refractivity contribution in [3.63, 3.8) is 0 Å². The zero-order valence-electron chi connectivity index (χ0n) is 13.7. The van der Waals surface area contributed by atoms with Crippen molar-refractivity contribution in [1.29, 1.82) is 0 Å². The van der Waals surface area contributed by atoms with E-state index in [1.54, 1.807) is 0 Å². The molecule has 2 heterocycles. The first-order valence-electron chi connectivity index (χ1n) is 6.90. The molecule has 6 nitrogen and oxygen atoms in total. The summed E-state index contributed by atoms with van der Waals surface area (Å²) in [6.45, 7) is 13.9. The van der Waals surface area contributed by atoms with E-state index in [1.807, 2.05) is 13.6 Å². The Labute approximate surface area is 124 Å². The lowest BCUT2D eigenvalue weighted by Crippen LogP contribution is -2.42. The van der Waals surface area contributed by atoms with Crippen LogP contribution in [0.3, 0.4) is 0 Å². The summed E-state index contributed by atoms with van der Waals surface area (Å²) in [5, 5.41) is 0. The van der Waals surface area contributed by atoms with Crippen LogP contribution in [0.25, 0.3) is 0 Å². The molecular formula is C14H32N4O2. The summed E-state index contributed by atoms with van der Waals surface area (Å²) in [6, 6.07) is 0. The molecule has 120 valence electrons. The summed E-state index contributed by atoms with van der Waals surface area (Å²) in [5.41, 5.74) is 0. The third kappa shape index (κ3) is 12.2. The molecule has 20 heavy (non-hydrogen) atoms. The van der Waals surface area contributed by atoms with Gasteiger partial charge in [0.2, 0.25) is 0 Å². The molecule has 0 aromatic rings. The van der Waals surface area contributed by atoms with Crippen LogP contribution in [0, 0.1) is 0 Å². The number of rotatable bonds is 0. The van der Waals surface area contributed by atoms with E-state index in [0.717, 1.165) is 0 Å². The van der Waals surface area contributed by atoms with Crippen LogP contribution in [-0.4, -0.2) is 114 Å². The zero-order valence-corrected chi connectivity index (χ0v) is 13.7. The van der Waals surface area contributed by atoms with Gasteiger partial charge < -0.3 is 29.2 Å². The minimum Gasteiger partial charge on any atom is -0.307 e. The van der Waals surface area contributed by atoms with Gasteiger partial charge in [-0.1, -0.05) is 0 Å². The van der Waals surface area contributed by atoms with E-state index in [2.05, 4.69) is 47.8 Å². The quantitative estimate of drug-likeness (QED) is 0.591. The number of nitrogens with zero attached hydrogens (tertiary/aromatic N) is 4. The second kappa shape index (κ2) is 14.6. The third-order valence-corrected chi connectivity index (χ3v) is 3.45. The van der Waals surface area contributed by atoms with Gasteiger partial charge in [-0.3, -0.25) is 0 Å². The maximum Gasteiger partial charge on any atom is 0.106 e. The molecule has 0 aromatic carbocycles. The molecule has 0 aromatic heterocycles. The average Bonchev–Trinajstić information content (AvgIpc) is 2.50. The molecule has 2 saturated heterocycles. The molecule has 0 spiro atoms. The lowest BCUT2D eigenvalue weighted by atomic mass is 10.4. The largest absolute Gasteiger partial charge is 0.307 e. The first kappa shape index (κ1) is 21.5. The fourth-order valence-corrected chi connectivity index (χ4v) is 1.81. The van der Waals surface area contributed by atoms with Gasteiger partial charge in [0.1, 0.15) is 13.6 Å². The van der Waals surface area contributed by atoms with Crippen molar-refractivity contribution in [2.45, 2.75) is 0 Å². The molecule has 2 rings (SSSR count). The summed E-state index contributed by atoms with van der Waals surface area (Å²) < 4.78 is 0. The molecule has 0 aliphatic carbocycles. The topological polar surface area (TPSA) is 47.1 Å². The summed E-state index contributed by atoms with van der Waals surface area (Å²) >= 11 is 0. The number of hydrogen-bond donors (Lipinski definition) is 0. The van der Waals surface area contributed by atoms with E-state index < -0.39 is 0 Å². The number of carbonyl (C=O) groups is 2. The smallest absolute Gasteiger partial charge is 0.106 e. The predicted octanol–water partition coefficient (Wildman–Crippen LogP) is -0.643. The van der Waals surface area contributed by atoms with Gasteiger partial charge in [0.05, 0.1) is 0 Å². The normalized spacial score (nSPS) is 21.4. The molecule has 2 aliphatic rings. The number of carbonyl (C=O) groups excluding carboxylic acids is 2. The summed E-state index contributed by atoms with van der Waals surface area (Å²) in [4.78, 5) is 25.4. The minimum atomic E-state index is 1.23. The molecular weight excluding hydrogens is 256 g/mol. The zero-order chi connectivity index (χ0) is 16.0. The van der Waals surface area contributed by atoms with Crippen LogP contribution in [0.1, 0.15) is 0 Å². The van der Waals surface area contributed by atoms with E-state index in [4.69, 9.17) is 9.59 Å². The molecule has 0 N–H and O–H groups in total. The SMILES string of the molecule is C=O.C=O.CN1CCN(C)CC1.CN1CCN(C)CC1. The first-order chi connectivity index (χ1) is 9.58. The summed E-state index contributed by atoms with van der Waals surface area (Å²) in [6.07, 6.45) is 0. The lowest BCUT2D eigenvalue weighted by molar-refractivity contribution is -0.0987. The van der Waals surface area contributed by atoms with Gasteiger partial charge >= 0.3 is 0 Å². The highest BCUT2D eigenvalue weighted by Crippen LogP contribution is 1.94. The van der Waals surface area contributed by atoms with Crippen molar-refractivity contribution < 1.29 is 9.59 Å². The Balaban J connectivity index is 0. The summed E-state index contributed by atoms with van der Waals surface area (Å²) in [5.74, 6) is 0. The number of piperazine rings is 2. The van der Waals surface area contributed by atoms with Gasteiger partial charge in [-0.05, 0) is 28.2 Å². The third-order valence-electron chi connectivity index (χ3n) is 3.45. The Morgan fingerprint density at radius 1 is 0.450 bits per heavy atom. The van der Waals surface area contributed by atoms with Crippen molar-refractivity contribution in [2.75, 3.05) is 80.5 Å². The van der Waals surface area contributed by atoms with E-state index in [0.29, 0.717) is 0 Å².